The number of imidazole rings is 1. The SMILES string of the molecule is CCCCn1c(S[C@@H](C)c2nnc(CC)o2)nc(C)c1C. The predicted octanol–water partition coefficient (Wildman–Crippen LogP) is 4.10. The highest BCUT2D eigenvalue weighted by atomic mass is 32.2. The Hall–Kier alpha value is -1.30. The summed E-state index contributed by atoms with van der Waals surface area (Å²) >= 11 is 1.69. The van der Waals surface area contributed by atoms with E-state index < -0.39 is 0 Å². The largest absolute Gasteiger partial charge is 0.424 e. The van der Waals surface area contributed by atoms with Crippen LogP contribution in [0, 0.1) is 13.8 Å². The van der Waals surface area contributed by atoms with Crippen molar-refractivity contribution in [1.82, 2.24) is 19.7 Å². The van der Waals surface area contributed by atoms with E-state index in [4.69, 9.17) is 9.40 Å². The van der Waals surface area contributed by atoms with Gasteiger partial charge < -0.3 is 8.98 Å². The highest BCUT2D eigenvalue weighted by Gasteiger charge is 2.19. The van der Waals surface area contributed by atoms with Crippen LogP contribution in [-0.2, 0) is 13.0 Å². The van der Waals surface area contributed by atoms with Gasteiger partial charge in [-0.15, -0.1) is 10.2 Å². The van der Waals surface area contributed by atoms with E-state index in [1.54, 1.807) is 11.8 Å². The molecule has 0 aliphatic carbocycles. The van der Waals surface area contributed by atoms with E-state index in [0.717, 1.165) is 23.8 Å². The van der Waals surface area contributed by atoms with Crippen LogP contribution in [0.1, 0.15) is 62.0 Å². The molecular formula is C15H24N4OS. The maximum absolute atomic E-state index is 5.64. The molecule has 6 heteroatoms. The van der Waals surface area contributed by atoms with Crippen LogP contribution in [-0.4, -0.2) is 19.7 Å². The lowest BCUT2D eigenvalue weighted by Gasteiger charge is -2.11. The summed E-state index contributed by atoms with van der Waals surface area (Å²) in [7, 11) is 0. The van der Waals surface area contributed by atoms with Gasteiger partial charge in [0, 0.05) is 18.7 Å². The van der Waals surface area contributed by atoms with Gasteiger partial charge in [0.1, 0.15) is 0 Å². The highest BCUT2D eigenvalue weighted by molar-refractivity contribution is 7.99. The van der Waals surface area contributed by atoms with E-state index >= 15 is 0 Å². The summed E-state index contributed by atoms with van der Waals surface area (Å²) in [5.74, 6) is 1.37. The Morgan fingerprint density at radius 3 is 2.62 bits per heavy atom. The van der Waals surface area contributed by atoms with Gasteiger partial charge >= 0.3 is 0 Å². The second-order valence-corrected chi connectivity index (χ2v) is 6.53. The quantitative estimate of drug-likeness (QED) is 0.721. The van der Waals surface area contributed by atoms with Crippen molar-refractivity contribution in [3.63, 3.8) is 0 Å². The number of aromatic nitrogens is 4. The van der Waals surface area contributed by atoms with Crippen molar-refractivity contribution < 1.29 is 4.42 Å². The average Bonchev–Trinajstić information content (AvgIpc) is 3.04. The molecule has 2 rings (SSSR count). The number of thioether (sulfide) groups is 1. The maximum Gasteiger partial charge on any atom is 0.229 e. The lowest BCUT2D eigenvalue weighted by molar-refractivity contribution is 0.455. The van der Waals surface area contributed by atoms with E-state index in [9.17, 15) is 0 Å². The Bertz CT molecular complexity index is 591. The first-order chi connectivity index (χ1) is 10.1. The molecule has 5 nitrogen and oxygen atoms in total. The van der Waals surface area contributed by atoms with E-state index in [2.05, 4.69) is 42.5 Å². The second kappa shape index (κ2) is 7.11. The van der Waals surface area contributed by atoms with Gasteiger partial charge in [0.25, 0.3) is 0 Å². The van der Waals surface area contributed by atoms with Gasteiger partial charge in [-0.3, -0.25) is 0 Å². The van der Waals surface area contributed by atoms with Crippen molar-refractivity contribution in [2.75, 3.05) is 0 Å². The molecule has 0 amide bonds. The summed E-state index contributed by atoms with van der Waals surface area (Å²) in [6, 6.07) is 0. The lowest BCUT2D eigenvalue weighted by atomic mass is 10.3. The summed E-state index contributed by atoms with van der Waals surface area (Å²) in [4.78, 5) is 4.69. The van der Waals surface area contributed by atoms with Crippen LogP contribution in [0.2, 0.25) is 0 Å². The van der Waals surface area contributed by atoms with Crippen LogP contribution in [0.5, 0.6) is 0 Å². The monoisotopic (exact) mass is 308 g/mol. The zero-order chi connectivity index (χ0) is 15.4. The smallest absolute Gasteiger partial charge is 0.229 e. The molecule has 0 bridgehead atoms. The molecule has 0 aliphatic rings. The predicted molar refractivity (Wildman–Crippen MR) is 84.6 cm³/mol. The fraction of sp³-hybridized carbons (Fsp3) is 0.667. The topological polar surface area (TPSA) is 56.7 Å². The fourth-order valence-corrected chi connectivity index (χ4v) is 3.13. The molecule has 0 spiro atoms. The minimum Gasteiger partial charge on any atom is -0.424 e. The fourth-order valence-electron chi connectivity index (χ4n) is 2.08. The number of rotatable bonds is 7. The Morgan fingerprint density at radius 2 is 2.00 bits per heavy atom. The lowest BCUT2D eigenvalue weighted by Crippen LogP contribution is -2.03. The standard InChI is InChI=1S/C15H24N4OS/c1-6-8-9-19-11(4)10(3)16-15(19)21-12(5)14-18-17-13(7-2)20-14/h12H,6-9H2,1-5H3/t12-/m0/s1. The van der Waals surface area contributed by atoms with Crippen molar-refractivity contribution in [3.8, 4) is 0 Å². The van der Waals surface area contributed by atoms with E-state index in [-0.39, 0.29) is 5.25 Å². The maximum atomic E-state index is 5.64. The van der Waals surface area contributed by atoms with Crippen LogP contribution in [0.3, 0.4) is 0 Å². The number of aryl methyl sites for hydroxylation is 2. The molecule has 0 fully saturated rings. The summed E-state index contributed by atoms with van der Waals surface area (Å²) in [6.07, 6.45) is 3.12. The molecule has 2 aromatic rings. The third-order valence-electron chi connectivity index (χ3n) is 3.57. The van der Waals surface area contributed by atoms with Crippen molar-refractivity contribution in [1.29, 1.82) is 0 Å². The van der Waals surface area contributed by atoms with Crippen LogP contribution in [0.15, 0.2) is 9.57 Å². The zero-order valence-electron chi connectivity index (χ0n) is 13.5. The van der Waals surface area contributed by atoms with Gasteiger partial charge in [-0.05, 0) is 27.2 Å². The van der Waals surface area contributed by atoms with E-state index in [1.807, 2.05) is 6.92 Å². The molecule has 1 atom stereocenters. The normalized spacial score (nSPS) is 12.8. The number of hydrogen-bond donors (Lipinski definition) is 0. The van der Waals surface area contributed by atoms with Crippen molar-refractivity contribution in [2.45, 2.75) is 70.8 Å². The molecule has 0 aliphatic heterocycles. The third kappa shape index (κ3) is 3.67. The second-order valence-electron chi connectivity index (χ2n) is 5.22. The molecule has 0 aromatic carbocycles. The van der Waals surface area contributed by atoms with Gasteiger partial charge in [0.15, 0.2) is 5.16 Å². The van der Waals surface area contributed by atoms with Gasteiger partial charge in [-0.1, -0.05) is 32.0 Å². The summed E-state index contributed by atoms with van der Waals surface area (Å²) in [5.41, 5.74) is 2.35. The van der Waals surface area contributed by atoms with Gasteiger partial charge in [0.2, 0.25) is 11.8 Å². The molecule has 0 unspecified atom stereocenters. The summed E-state index contributed by atoms with van der Waals surface area (Å²) in [6.45, 7) is 11.5. The Labute approximate surface area is 130 Å². The molecular weight excluding hydrogens is 284 g/mol. The molecule has 0 saturated heterocycles. The first-order valence-electron chi connectivity index (χ1n) is 7.59. The molecule has 21 heavy (non-hydrogen) atoms. The van der Waals surface area contributed by atoms with Crippen LogP contribution in [0.25, 0.3) is 0 Å². The molecule has 0 radical (unpaired) electrons. The number of nitrogens with zero attached hydrogens (tertiary/aromatic N) is 4. The number of unbranched alkanes of at least 4 members (excludes halogenated alkanes) is 1. The van der Waals surface area contributed by atoms with E-state index in [0.29, 0.717) is 11.8 Å². The average molecular weight is 308 g/mol. The Morgan fingerprint density at radius 1 is 1.24 bits per heavy atom. The Balaban J connectivity index is 2.16. The molecule has 0 saturated carbocycles. The molecule has 116 valence electrons. The van der Waals surface area contributed by atoms with Crippen LogP contribution in [0.4, 0.5) is 0 Å². The van der Waals surface area contributed by atoms with Crippen LogP contribution < -0.4 is 0 Å². The summed E-state index contributed by atoms with van der Waals surface area (Å²) in [5, 5.41) is 9.32. The minimum atomic E-state index is 0.111. The van der Waals surface area contributed by atoms with Crippen LogP contribution >= 0.6 is 11.8 Å². The van der Waals surface area contributed by atoms with Crippen molar-refractivity contribution >= 4 is 11.8 Å². The Kier molecular flexibility index (Phi) is 5.45. The zero-order valence-corrected chi connectivity index (χ0v) is 14.3. The highest BCUT2D eigenvalue weighted by Crippen LogP contribution is 2.34. The molecule has 2 heterocycles. The van der Waals surface area contributed by atoms with Crippen molar-refractivity contribution in [2.24, 2.45) is 0 Å². The molecule has 2 aromatic heterocycles. The van der Waals surface area contributed by atoms with Gasteiger partial charge in [-0.25, -0.2) is 4.98 Å². The van der Waals surface area contributed by atoms with E-state index in [1.165, 1.54) is 18.5 Å². The number of hydrogen-bond acceptors (Lipinski definition) is 5. The van der Waals surface area contributed by atoms with Gasteiger partial charge in [-0.2, -0.15) is 0 Å². The summed E-state index contributed by atoms with van der Waals surface area (Å²) < 4.78 is 7.95. The third-order valence-corrected chi connectivity index (χ3v) is 4.65. The van der Waals surface area contributed by atoms with Gasteiger partial charge in [0.05, 0.1) is 10.9 Å². The molecule has 0 N–H and O–H groups in total. The van der Waals surface area contributed by atoms with Crippen molar-refractivity contribution in [3.05, 3.63) is 23.2 Å². The minimum absolute atomic E-state index is 0.111. The first kappa shape index (κ1) is 16.1. The first-order valence-corrected chi connectivity index (χ1v) is 8.47.